The lowest BCUT2D eigenvalue weighted by molar-refractivity contribution is -0.135. The van der Waals surface area contributed by atoms with Gasteiger partial charge in [0.25, 0.3) is 5.91 Å². The standard InChI is InChI=1S/C25H30N4O4/c1-2-25(19-9-12-28(13-10-19)15-18-6-5-11-26-14-18)23(30)29(24(31)27-25)16-20-17-32-21-7-3-4-8-22(21)33-20/h3-8,11,14,19-20H,2,9-10,12-13,15-17H2,1H3,(H,27,31). The molecule has 1 N–H and O–H groups in total. The van der Waals surface area contributed by atoms with Crippen LogP contribution in [0.4, 0.5) is 4.79 Å². The summed E-state index contributed by atoms with van der Waals surface area (Å²) in [6.45, 7) is 5.11. The number of rotatable bonds is 6. The van der Waals surface area contributed by atoms with Gasteiger partial charge < -0.3 is 14.8 Å². The molecular weight excluding hydrogens is 420 g/mol. The number of hydrogen-bond donors (Lipinski definition) is 1. The fourth-order valence-corrected chi connectivity index (χ4v) is 5.31. The zero-order valence-electron chi connectivity index (χ0n) is 18.9. The number of aromatic nitrogens is 1. The molecule has 3 amide bonds. The van der Waals surface area contributed by atoms with E-state index < -0.39 is 5.54 Å². The topological polar surface area (TPSA) is 84.0 Å². The Morgan fingerprint density at radius 2 is 1.91 bits per heavy atom. The van der Waals surface area contributed by atoms with E-state index >= 15 is 0 Å². The van der Waals surface area contributed by atoms with E-state index in [1.165, 1.54) is 10.5 Å². The van der Waals surface area contributed by atoms with E-state index in [0.717, 1.165) is 32.5 Å². The summed E-state index contributed by atoms with van der Waals surface area (Å²) in [5.74, 6) is 1.30. The quantitative estimate of drug-likeness (QED) is 0.682. The molecule has 0 spiro atoms. The van der Waals surface area contributed by atoms with Crippen molar-refractivity contribution in [2.45, 2.75) is 44.4 Å². The third kappa shape index (κ3) is 4.15. The fraction of sp³-hybridized carbons (Fsp3) is 0.480. The highest BCUT2D eigenvalue weighted by atomic mass is 16.6. The summed E-state index contributed by atoms with van der Waals surface area (Å²) >= 11 is 0. The molecule has 0 bridgehead atoms. The molecule has 174 valence electrons. The van der Waals surface area contributed by atoms with Gasteiger partial charge >= 0.3 is 6.03 Å². The second-order valence-corrected chi connectivity index (χ2v) is 9.08. The molecule has 2 fully saturated rings. The number of nitrogens with zero attached hydrogens (tertiary/aromatic N) is 3. The molecule has 8 heteroatoms. The van der Waals surface area contributed by atoms with E-state index in [9.17, 15) is 9.59 Å². The number of amides is 3. The first-order valence-electron chi connectivity index (χ1n) is 11.7. The van der Waals surface area contributed by atoms with Crippen molar-refractivity contribution in [3.8, 4) is 11.5 Å². The molecule has 4 heterocycles. The summed E-state index contributed by atoms with van der Waals surface area (Å²) in [6, 6.07) is 11.2. The molecule has 3 aliphatic rings. The molecule has 0 radical (unpaired) electrons. The van der Waals surface area contributed by atoms with Crippen LogP contribution in [0.15, 0.2) is 48.8 Å². The highest BCUT2D eigenvalue weighted by Crippen LogP contribution is 2.37. The van der Waals surface area contributed by atoms with Crippen LogP contribution in [0.3, 0.4) is 0 Å². The average Bonchev–Trinajstić information content (AvgIpc) is 3.10. The van der Waals surface area contributed by atoms with Gasteiger partial charge in [-0.1, -0.05) is 25.1 Å². The number of piperidine rings is 1. The molecule has 1 aromatic carbocycles. The van der Waals surface area contributed by atoms with Crippen molar-refractivity contribution >= 4 is 11.9 Å². The van der Waals surface area contributed by atoms with Crippen LogP contribution in [0.25, 0.3) is 0 Å². The third-order valence-corrected chi connectivity index (χ3v) is 7.13. The van der Waals surface area contributed by atoms with Crippen LogP contribution in [-0.2, 0) is 11.3 Å². The smallest absolute Gasteiger partial charge is 0.325 e. The van der Waals surface area contributed by atoms with E-state index in [-0.39, 0.29) is 30.5 Å². The number of ether oxygens (including phenoxy) is 2. The first-order chi connectivity index (χ1) is 16.1. The zero-order chi connectivity index (χ0) is 22.8. The lowest BCUT2D eigenvalue weighted by Crippen LogP contribution is -2.56. The monoisotopic (exact) mass is 450 g/mol. The van der Waals surface area contributed by atoms with Gasteiger partial charge in [0.15, 0.2) is 17.6 Å². The van der Waals surface area contributed by atoms with Crippen molar-refractivity contribution in [3.05, 3.63) is 54.4 Å². The molecule has 33 heavy (non-hydrogen) atoms. The Kier molecular flexibility index (Phi) is 5.93. The molecule has 3 aliphatic heterocycles. The molecule has 2 atom stereocenters. The normalized spacial score (nSPS) is 25.8. The number of benzene rings is 1. The van der Waals surface area contributed by atoms with Crippen LogP contribution in [0.2, 0.25) is 0 Å². The van der Waals surface area contributed by atoms with Crippen molar-refractivity contribution in [1.82, 2.24) is 20.1 Å². The largest absolute Gasteiger partial charge is 0.486 e. The molecule has 5 rings (SSSR count). The van der Waals surface area contributed by atoms with Crippen LogP contribution < -0.4 is 14.8 Å². The molecule has 2 saturated heterocycles. The van der Waals surface area contributed by atoms with Gasteiger partial charge in [0.1, 0.15) is 12.1 Å². The Labute approximate surface area is 193 Å². The van der Waals surface area contributed by atoms with Crippen LogP contribution >= 0.6 is 0 Å². The number of likely N-dealkylation sites (tertiary alicyclic amines) is 1. The number of carbonyl (C=O) groups excluding carboxylic acids is 2. The second kappa shape index (κ2) is 9.02. The number of urea groups is 1. The fourth-order valence-electron chi connectivity index (χ4n) is 5.31. The van der Waals surface area contributed by atoms with E-state index in [0.29, 0.717) is 24.5 Å². The number of pyridine rings is 1. The number of imide groups is 1. The maximum absolute atomic E-state index is 13.6. The van der Waals surface area contributed by atoms with Crippen LogP contribution in [0.1, 0.15) is 31.7 Å². The van der Waals surface area contributed by atoms with Gasteiger partial charge in [-0.2, -0.15) is 0 Å². The van der Waals surface area contributed by atoms with Crippen molar-refractivity contribution in [2.75, 3.05) is 26.2 Å². The number of hydrogen-bond acceptors (Lipinski definition) is 6. The maximum atomic E-state index is 13.6. The first kappa shape index (κ1) is 21.7. The minimum atomic E-state index is -0.842. The van der Waals surface area contributed by atoms with Gasteiger partial charge in [-0.3, -0.25) is 19.6 Å². The van der Waals surface area contributed by atoms with Gasteiger partial charge in [0, 0.05) is 18.9 Å². The van der Waals surface area contributed by atoms with E-state index in [4.69, 9.17) is 9.47 Å². The maximum Gasteiger partial charge on any atom is 0.325 e. The Balaban J connectivity index is 1.23. The van der Waals surface area contributed by atoms with Gasteiger partial charge in [-0.15, -0.1) is 0 Å². The zero-order valence-corrected chi connectivity index (χ0v) is 18.9. The molecule has 8 nitrogen and oxygen atoms in total. The molecular formula is C25H30N4O4. The summed E-state index contributed by atoms with van der Waals surface area (Å²) in [4.78, 5) is 34.4. The van der Waals surface area contributed by atoms with Crippen LogP contribution in [0.5, 0.6) is 11.5 Å². The lowest BCUT2D eigenvalue weighted by atomic mass is 9.75. The average molecular weight is 451 g/mol. The van der Waals surface area contributed by atoms with Crippen LogP contribution in [0, 0.1) is 5.92 Å². The number of nitrogens with one attached hydrogen (secondary N) is 1. The predicted octanol–water partition coefficient (Wildman–Crippen LogP) is 2.83. The Morgan fingerprint density at radius 3 is 2.64 bits per heavy atom. The predicted molar refractivity (Wildman–Crippen MR) is 122 cm³/mol. The van der Waals surface area contributed by atoms with Gasteiger partial charge in [0.2, 0.25) is 0 Å². The molecule has 1 aromatic heterocycles. The highest BCUT2D eigenvalue weighted by molar-refractivity contribution is 6.07. The summed E-state index contributed by atoms with van der Waals surface area (Å²) in [7, 11) is 0. The molecule has 0 saturated carbocycles. The van der Waals surface area contributed by atoms with E-state index in [1.54, 1.807) is 6.20 Å². The molecule has 2 unspecified atom stereocenters. The lowest BCUT2D eigenvalue weighted by Gasteiger charge is -2.40. The summed E-state index contributed by atoms with van der Waals surface area (Å²) in [6.07, 6.45) is 5.60. The van der Waals surface area contributed by atoms with E-state index in [2.05, 4.69) is 21.3 Å². The SMILES string of the molecule is CCC1(C2CCN(Cc3cccnc3)CC2)NC(=O)N(CC2COc3ccccc3O2)C1=O. The summed E-state index contributed by atoms with van der Waals surface area (Å²) < 4.78 is 11.8. The van der Waals surface area contributed by atoms with E-state index in [1.807, 2.05) is 43.5 Å². The van der Waals surface area contributed by atoms with Crippen molar-refractivity contribution in [2.24, 2.45) is 5.92 Å². The first-order valence-corrected chi connectivity index (χ1v) is 11.7. The Hall–Kier alpha value is -3.13. The summed E-state index contributed by atoms with van der Waals surface area (Å²) in [5.41, 5.74) is 0.346. The number of para-hydroxylation sites is 2. The van der Waals surface area contributed by atoms with Crippen LogP contribution in [-0.4, -0.2) is 64.6 Å². The molecule has 0 aliphatic carbocycles. The van der Waals surface area contributed by atoms with Crippen molar-refractivity contribution < 1.29 is 19.1 Å². The third-order valence-electron chi connectivity index (χ3n) is 7.13. The van der Waals surface area contributed by atoms with Crippen molar-refractivity contribution in [1.29, 1.82) is 0 Å². The van der Waals surface area contributed by atoms with Crippen molar-refractivity contribution in [3.63, 3.8) is 0 Å². The number of fused-ring (bicyclic) bond motifs is 1. The Bertz CT molecular complexity index is 1010. The van der Waals surface area contributed by atoms with Gasteiger partial charge in [-0.05, 0) is 62.0 Å². The Morgan fingerprint density at radius 1 is 1.12 bits per heavy atom. The summed E-state index contributed by atoms with van der Waals surface area (Å²) in [5, 5.41) is 3.07. The number of carbonyl (C=O) groups is 2. The second-order valence-electron chi connectivity index (χ2n) is 9.08. The minimum Gasteiger partial charge on any atom is -0.486 e. The minimum absolute atomic E-state index is 0.110. The molecule has 2 aromatic rings. The highest BCUT2D eigenvalue weighted by Gasteiger charge is 2.55. The van der Waals surface area contributed by atoms with Gasteiger partial charge in [0.05, 0.1) is 6.54 Å². The van der Waals surface area contributed by atoms with Gasteiger partial charge in [-0.25, -0.2) is 4.79 Å².